The first kappa shape index (κ1) is 25.7. The number of carbonyl (C=O) groups is 2. The Balaban J connectivity index is 1.79. The first-order valence-electron chi connectivity index (χ1n) is 12.1. The van der Waals surface area contributed by atoms with E-state index in [2.05, 4.69) is 12.2 Å². The Morgan fingerprint density at radius 2 is 1.64 bits per heavy atom. The van der Waals surface area contributed by atoms with Gasteiger partial charge >= 0.3 is 204 Å². The average Bonchev–Trinajstić information content (AvgIpc) is 3.02. The SMILES string of the molecule is CCC(C(=O)Nc1c(C)cc(Cl)cc1C)[PH]1(CC(=O)OCc2ccccc2)CCCCCC1. The number of aryl methyl sites for hydroxylation is 2. The van der Waals surface area contributed by atoms with Crippen LogP contribution in [0, 0.1) is 13.8 Å². The van der Waals surface area contributed by atoms with Gasteiger partial charge in [0.1, 0.15) is 0 Å². The molecule has 1 N–H and O–H groups in total. The molecule has 3 rings (SSSR count). The fraction of sp³-hybridized carbons (Fsp3) is 0.481. The number of benzene rings is 2. The van der Waals surface area contributed by atoms with E-state index in [0.717, 1.165) is 54.0 Å². The Bertz CT molecular complexity index is 932. The molecule has 2 aromatic rings. The molecule has 1 fully saturated rings. The number of hydrogen-bond acceptors (Lipinski definition) is 3. The zero-order valence-electron chi connectivity index (χ0n) is 20.1. The average molecular weight is 490 g/mol. The molecule has 0 aromatic heterocycles. The molecule has 1 amide bonds. The van der Waals surface area contributed by atoms with Crippen molar-refractivity contribution in [2.45, 2.75) is 65.1 Å². The van der Waals surface area contributed by atoms with E-state index in [1.807, 2.05) is 56.3 Å². The van der Waals surface area contributed by atoms with E-state index in [4.69, 9.17) is 16.3 Å². The Labute approximate surface area is 203 Å². The molecule has 33 heavy (non-hydrogen) atoms. The van der Waals surface area contributed by atoms with E-state index in [9.17, 15) is 9.59 Å². The van der Waals surface area contributed by atoms with E-state index in [1.54, 1.807) is 0 Å². The molecule has 4 nitrogen and oxygen atoms in total. The van der Waals surface area contributed by atoms with Crippen LogP contribution in [-0.2, 0) is 20.9 Å². The van der Waals surface area contributed by atoms with Crippen LogP contribution in [0.15, 0.2) is 42.5 Å². The van der Waals surface area contributed by atoms with Crippen molar-refractivity contribution in [2.75, 3.05) is 23.8 Å². The number of nitrogens with one attached hydrogen (secondary N) is 1. The third-order valence-electron chi connectivity index (χ3n) is 7.05. The molecule has 0 spiro atoms. The Hall–Kier alpha value is -1.90. The summed E-state index contributed by atoms with van der Waals surface area (Å²) < 4.78 is 5.69. The Kier molecular flexibility index (Phi) is 9.35. The molecule has 1 unspecified atom stereocenters. The zero-order valence-corrected chi connectivity index (χ0v) is 21.8. The predicted molar refractivity (Wildman–Crippen MR) is 141 cm³/mol. The van der Waals surface area contributed by atoms with Crippen molar-refractivity contribution < 1.29 is 14.3 Å². The molecule has 0 radical (unpaired) electrons. The number of amides is 1. The number of anilines is 1. The van der Waals surface area contributed by atoms with Crippen LogP contribution in [0.5, 0.6) is 0 Å². The molecule has 2 aromatic carbocycles. The summed E-state index contributed by atoms with van der Waals surface area (Å²) >= 11 is 6.18. The van der Waals surface area contributed by atoms with Gasteiger partial charge in [-0.25, -0.2) is 0 Å². The zero-order chi connectivity index (χ0) is 23.8. The van der Waals surface area contributed by atoms with E-state index in [1.165, 1.54) is 12.8 Å². The summed E-state index contributed by atoms with van der Waals surface area (Å²) in [4.78, 5) is 26.7. The topological polar surface area (TPSA) is 55.4 Å². The van der Waals surface area contributed by atoms with Crippen molar-refractivity contribution in [3.63, 3.8) is 0 Å². The summed E-state index contributed by atoms with van der Waals surface area (Å²) in [5.41, 5.74) is 3.63. The van der Waals surface area contributed by atoms with E-state index in [0.29, 0.717) is 11.2 Å². The molecule has 0 saturated carbocycles. The summed E-state index contributed by atoms with van der Waals surface area (Å²) in [6.07, 6.45) is 7.75. The summed E-state index contributed by atoms with van der Waals surface area (Å²) in [5.74, 6) is -0.104. The quantitative estimate of drug-likeness (QED) is 0.330. The predicted octanol–water partition coefficient (Wildman–Crippen LogP) is 6.74. The Morgan fingerprint density at radius 1 is 1.03 bits per heavy atom. The number of halogens is 1. The standard InChI is InChI=1S/C27H37ClNO3P/c1-4-24(27(31)29-26-20(2)16-23(28)17-21(26)3)33(14-10-5-6-11-15-33)19-25(30)32-18-22-12-8-7-9-13-22/h7-9,12-13,16-17,24,33H,4-6,10-11,14-15,18-19H2,1-3H3,(H,29,31). The van der Waals surface area contributed by atoms with Crippen molar-refractivity contribution in [1.29, 1.82) is 0 Å². The molecule has 1 atom stereocenters. The van der Waals surface area contributed by atoms with Gasteiger partial charge in [-0.2, -0.15) is 0 Å². The van der Waals surface area contributed by atoms with Crippen LogP contribution < -0.4 is 5.32 Å². The second-order valence-electron chi connectivity index (χ2n) is 9.46. The van der Waals surface area contributed by atoms with Gasteiger partial charge in [-0.1, -0.05) is 0 Å². The fourth-order valence-corrected chi connectivity index (χ4v) is 11.3. The molecule has 180 valence electrons. The minimum absolute atomic E-state index is 0.0513. The van der Waals surface area contributed by atoms with Crippen LogP contribution >= 0.6 is 18.9 Å². The second kappa shape index (κ2) is 12.0. The molecular weight excluding hydrogens is 453 g/mol. The minimum atomic E-state index is -2.24. The maximum absolute atomic E-state index is 13.6. The molecule has 1 aliphatic rings. The van der Waals surface area contributed by atoms with Gasteiger partial charge in [-0.3, -0.25) is 0 Å². The van der Waals surface area contributed by atoms with Crippen LogP contribution in [0.2, 0.25) is 5.02 Å². The van der Waals surface area contributed by atoms with Crippen LogP contribution in [-0.4, -0.2) is 36.0 Å². The fourth-order valence-electron chi connectivity index (χ4n) is 5.37. The second-order valence-corrected chi connectivity index (χ2v) is 14.7. The van der Waals surface area contributed by atoms with Gasteiger partial charge in [0.15, 0.2) is 0 Å². The molecule has 1 aliphatic heterocycles. The first-order valence-corrected chi connectivity index (χ1v) is 15.2. The number of ether oxygens (including phenoxy) is 1. The third kappa shape index (κ3) is 6.80. The molecule has 0 bridgehead atoms. The van der Waals surface area contributed by atoms with Gasteiger partial charge in [-0.15, -0.1) is 0 Å². The molecule has 1 saturated heterocycles. The van der Waals surface area contributed by atoms with Crippen molar-refractivity contribution in [3.8, 4) is 0 Å². The van der Waals surface area contributed by atoms with E-state index in [-0.39, 0.29) is 24.1 Å². The van der Waals surface area contributed by atoms with Gasteiger partial charge < -0.3 is 0 Å². The van der Waals surface area contributed by atoms with Gasteiger partial charge in [0.25, 0.3) is 0 Å². The first-order chi connectivity index (χ1) is 15.8. The van der Waals surface area contributed by atoms with E-state index >= 15 is 0 Å². The van der Waals surface area contributed by atoms with Gasteiger partial charge in [0.05, 0.1) is 0 Å². The van der Waals surface area contributed by atoms with Crippen LogP contribution in [0.25, 0.3) is 0 Å². The van der Waals surface area contributed by atoms with Gasteiger partial charge in [0.2, 0.25) is 0 Å². The molecule has 1 heterocycles. The van der Waals surface area contributed by atoms with Crippen LogP contribution in [0.3, 0.4) is 0 Å². The summed E-state index contributed by atoms with van der Waals surface area (Å²) in [6.45, 7) is 6.31. The van der Waals surface area contributed by atoms with Gasteiger partial charge in [-0.05, 0) is 0 Å². The van der Waals surface area contributed by atoms with Gasteiger partial charge in [0, 0.05) is 0 Å². The number of rotatable bonds is 8. The monoisotopic (exact) mass is 489 g/mol. The number of hydrogen-bond donors (Lipinski definition) is 1. The van der Waals surface area contributed by atoms with Crippen molar-refractivity contribution in [2.24, 2.45) is 0 Å². The van der Waals surface area contributed by atoms with Crippen LogP contribution in [0.4, 0.5) is 5.69 Å². The molecule has 6 heteroatoms. The van der Waals surface area contributed by atoms with Crippen LogP contribution in [0.1, 0.15) is 55.7 Å². The summed E-state index contributed by atoms with van der Waals surface area (Å²) in [5, 5.41) is 3.89. The summed E-state index contributed by atoms with van der Waals surface area (Å²) in [7, 11) is -2.24. The van der Waals surface area contributed by atoms with Crippen molar-refractivity contribution >= 4 is 36.4 Å². The van der Waals surface area contributed by atoms with E-state index < -0.39 is 7.26 Å². The number of carbonyl (C=O) groups excluding carboxylic acids is 2. The third-order valence-corrected chi connectivity index (χ3v) is 13.1. The van der Waals surface area contributed by atoms with Crippen molar-refractivity contribution in [1.82, 2.24) is 0 Å². The molecular formula is C27H37ClNO3P. The van der Waals surface area contributed by atoms with Crippen molar-refractivity contribution in [3.05, 3.63) is 64.2 Å². The summed E-state index contributed by atoms with van der Waals surface area (Å²) in [6, 6.07) is 13.5. The maximum atomic E-state index is 13.6. The molecule has 0 aliphatic carbocycles. The normalized spacial score (nSPS) is 17.5. The Morgan fingerprint density at radius 3 is 2.21 bits per heavy atom. The number of esters is 1.